The molecule has 0 spiro atoms. The summed E-state index contributed by atoms with van der Waals surface area (Å²) < 4.78 is 13.2. The SMILES string of the molecule is CC(=O)NCCCCCC(=O)NCc1cccc(-c2ccc(C3OC(CN4CCCCC4)CC(c4ccc(CO)cc4)O3)cc2)c1. The molecule has 0 bridgehead atoms. The second-order valence-electron chi connectivity index (χ2n) is 12.6. The Labute approximate surface area is 273 Å². The van der Waals surface area contributed by atoms with Gasteiger partial charge in [0.2, 0.25) is 11.8 Å². The maximum Gasteiger partial charge on any atom is 0.220 e. The van der Waals surface area contributed by atoms with Crippen molar-refractivity contribution in [1.29, 1.82) is 0 Å². The van der Waals surface area contributed by atoms with Crippen LogP contribution in [0.4, 0.5) is 0 Å². The minimum absolute atomic E-state index is 0.0177. The number of rotatable bonds is 14. The predicted octanol–water partition coefficient (Wildman–Crippen LogP) is 6.19. The zero-order valence-electron chi connectivity index (χ0n) is 27.1. The predicted molar refractivity (Wildman–Crippen MR) is 180 cm³/mol. The monoisotopic (exact) mass is 627 g/mol. The number of hydrogen-bond donors (Lipinski definition) is 3. The van der Waals surface area contributed by atoms with Crippen LogP contribution >= 0.6 is 0 Å². The summed E-state index contributed by atoms with van der Waals surface area (Å²) in [4.78, 5) is 25.8. The van der Waals surface area contributed by atoms with Crippen LogP contribution in [0.1, 0.15) is 92.9 Å². The quantitative estimate of drug-likeness (QED) is 0.184. The fourth-order valence-electron chi connectivity index (χ4n) is 6.30. The number of carbonyl (C=O) groups is 2. The standard InChI is InChI=1S/C38H49N3O5/c1-28(43)39-20-5-2-4-11-37(44)40-25-30-9-8-10-34(23-30)31-16-18-33(19-17-31)38-45-35(26-41-21-6-3-7-22-41)24-36(46-38)32-14-12-29(27-42)13-15-32/h8-10,12-19,23,35-36,38,42H,2-7,11,20-22,24-27H2,1H3,(H,39,43)(H,40,44). The third-order valence-corrected chi connectivity index (χ3v) is 8.91. The Hall–Kier alpha value is -3.56. The van der Waals surface area contributed by atoms with Crippen LogP contribution in [-0.2, 0) is 32.2 Å². The number of aliphatic hydroxyl groups excluding tert-OH is 1. The normalized spacial score (nSPS) is 20.3. The molecule has 246 valence electrons. The smallest absolute Gasteiger partial charge is 0.220 e. The summed E-state index contributed by atoms with van der Waals surface area (Å²) in [6.07, 6.45) is 7.19. The first-order valence-electron chi connectivity index (χ1n) is 16.9. The van der Waals surface area contributed by atoms with Gasteiger partial charge in [-0.05, 0) is 72.7 Å². The van der Waals surface area contributed by atoms with Gasteiger partial charge in [-0.25, -0.2) is 0 Å². The first-order valence-corrected chi connectivity index (χ1v) is 16.9. The average molecular weight is 628 g/mol. The molecule has 2 aliphatic rings. The van der Waals surface area contributed by atoms with Gasteiger partial charge in [-0.3, -0.25) is 9.59 Å². The summed E-state index contributed by atoms with van der Waals surface area (Å²) in [7, 11) is 0. The van der Waals surface area contributed by atoms with Gasteiger partial charge >= 0.3 is 0 Å². The molecule has 8 nitrogen and oxygen atoms in total. The number of piperidine rings is 1. The Kier molecular flexibility index (Phi) is 12.8. The highest BCUT2D eigenvalue weighted by Crippen LogP contribution is 2.39. The van der Waals surface area contributed by atoms with Crippen molar-refractivity contribution in [2.45, 2.75) is 89.9 Å². The van der Waals surface area contributed by atoms with Crippen LogP contribution in [0.15, 0.2) is 72.8 Å². The first kappa shape index (κ1) is 33.8. The zero-order chi connectivity index (χ0) is 32.1. The van der Waals surface area contributed by atoms with E-state index in [1.54, 1.807) is 0 Å². The molecular formula is C38H49N3O5. The van der Waals surface area contributed by atoms with Crippen LogP contribution in [0.5, 0.6) is 0 Å². The molecule has 3 N–H and O–H groups in total. The number of unbranched alkanes of at least 4 members (excludes halogenated alkanes) is 2. The molecule has 0 radical (unpaired) electrons. The molecule has 3 unspecified atom stereocenters. The molecule has 2 fully saturated rings. The first-order chi connectivity index (χ1) is 22.5. The third-order valence-electron chi connectivity index (χ3n) is 8.91. The van der Waals surface area contributed by atoms with Crippen molar-refractivity contribution >= 4 is 11.8 Å². The molecule has 46 heavy (non-hydrogen) atoms. The van der Waals surface area contributed by atoms with Crippen LogP contribution in [0, 0.1) is 0 Å². The van der Waals surface area contributed by atoms with E-state index in [0.29, 0.717) is 19.5 Å². The van der Waals surface area contributed by atoms with E-state index in [2.05, 4.69) is 64.1 Å². The molecule has 0 aliphatic carbocycles. The van der Waals surface area contributed by atoms with Gasteiger partial charge in [0, 0.05) is 45.0 Å². The highest BCUT2D eigenvalue weighted by molar-refractivity contribution is 5.76. The summed E-state index contributed by atoms with van der Waals surface area (Å²) in [5.41, 5.74) is 6.22. The lowest BCUT2D eigenvalue weighted by Crippen LogP contribution is -2.41. The summed E-state index contributed by atoms with van der Waals surface area (Å²) in [5.74, 6) is 0.0267. The van der Waals surface area contributed by atoms with Gasteiger partial charge in [-0.15, -0.1) is 0 Å². The maximum atomic E-state index is 12.4. The number of aliphatic hydroxyl groups is 1. The van der Waals surface area contributed by atoms with E-state index in [1.807, 2.05) is 24.3 Å². The van der Waals surface area contributed by atoms with Crippen LogP contribution in [0.3, 0.4) is 0 Å². The highest BCUT2D eigenvalue weighted by Gasteiger charge is 2.33. The van der Waals surface area contributed by atoms with Crippen LogP contribution in [0.25, 0.3) is 11.1 Å². The van der Waals surface area contributed by atoms with Crippen LogP contribution in [-0.4, -0.2) is 54.1 Å². The Bertz CT molecular complexity index is 1390. The minimum Gasteiger partial charge on any atom is -0.392 e. The van der Waals surface area contributed by atoms with Crippen LogP contribution < -0.4 is 10.6 Å². The molecule has 2 aliphatic heterocycles. The number of ether oxygens (including phenoxy) is 2. The van der Waals surface area contributed by atoms with Gasteiger partial charge in [0.25, 0.3) is 0 Å². The molecule has 2 heterocycles. The number of hydrogen-bond acceptors (Lipinski definition) is 6. The number of nitrogens with zero attached hydrogens (tertiary/aromatic N) is 1. The minimum atomic E-state index is -0.466. The Balaban J connectivity index is 1.19. The number of amides is 2. The lowest BCUT2D eigenvalue weighted by Gasteiger charge is -2.39. The van der Waals surface area contributed by atoms with Gasteiger partial charge in [0.05, 0.1) is 18.8 Å². The van der Waals surface area contributed by atoms with Gasteiger partial charge in [0.15, 0.2) is 6.29 Å². The molecule has 3 aromatic rings. The molecule has 3 aromatic carbocycles. The Morgan fingerprint density at radius 1 is 0.826 bits per heavy atom. The molecule has 5 rings (SSSR count). The van der Waals surface area contributed by atoms with E-state index in [1.165, 1.54) is 26.2 Å². The molecular weight excluding hydrogens is 578 g/mol. The maximum absolute atomic E-state index is 12.4. The number of carbonyl (C=O) groups excluding carboxylic acids is 2. The van der Waals surface area contributed by atoms with Gasteiger partial charge in [-0.2, -0.15) is 0 Å². The van der Waals surface area contributed by atoms with E-state index in [4.69, 9.17) is 9.47 Å². The van der Waals surface area contributed by atoms with Crippen LogP contribution in [0.2, 0.25) is 0 Å². The number of likely N-dealkylation sites (tertiary alicyclic amines) is 1. The molecule has 0 aromatic heterocycles. The lowest BCUT2D eigenvalue weighted by molar-refractivity contribution is -0.253. The summed E-state index contributed by atoms with van der Waals surface area (Å²) in [5, 5.41) is 15.3. The summed E-state index contributed by atoms with van der Waals surface area (Å²) >= 11 is 0. The molecule has 8 heteroatoms. The fourth-order valence-corrected chi connectivity index (χ4v) is 6.30. The number of benzene rings is 3. The van der Waals surface area contributed by atoms with E-state index < -0.39 is 6.29 Å². The zero-order valence-corrected chi connectivity index (χ0v) is 27.1. The van der Waals surface area contributed by atoms with Crippen molar-refractivity contribution in [3.05, 3.63) is 95.1 Å². The summed E-state index contributed by atoms with van der Waals surface area (Å²) in [6.45, 7) is 5.85. The van der Waals surface area contributed by atoms with Gasteiger partial charge in [-0.1, -0.05) is 79.6 Å². The second-order valence-corrected chi connectivity index (χ2v) is 12.6. The topological polar surface area (TPSA) is 100 Å². The molecule has 0 saturated carbocycles. The second kappa shape index (κ2) is 17.4. The van der Waals surface area contributed by atoms with Gasteiger partial charge < -0.3 is 30.1 Å². The van der Waals surface area contributed by atoms with E-state index in [0.717, 1.165) is 78.7 Å². The molecule has 2 saturated heterocycles. The molecule has 3 atom stereocenters. The van der Waals surface area contributed by atoms with Gasteiger partial charge in [0.1, 0.15) is 0 Å². The van der Waals surface area contributed by atoms with Crippen molar-refractivity contribution in [3.8, 4) is 11.1 Å². The van der Waals surface area contributed by atoms with Crippen molar-refractivity contribution in [2.75, 3.05) is 26.2 Å². The van der Waals surface area contributed by atoms with Crippen molar-refractivity contribution in [1.82, 2.24) is 15.5 Å². The largest absolute Gasteiger partial charge is 0.392 e. The third kappa shape index (κ3) is 10.2. The van der Waals surface area contributed by atoms with Crippen molar-refractivity contribution < 1.29 is 24.2 Å². The Morgan fingerprint density at radius 2 is 1.59 bits per heavy atom. The van der Waals surface area contributed by atoms with Crippen molar-refractivity contribution in [3.63, 3.8) is 0 Å². The van der Waals surface area contributed by atoms with E-state index >= 15 is 0 Å². The highest BCUT2D eigenvalue weighted by atomic mass is 16.7. The fraction of sp³-hybridized carbons (Fsp3) is 0.474. The average Bonchev–Trinajstić information content (AvgIpc) is 3.09. The van der Waals surface area contributed by atoms with Crippen molar-refractivity contribution in [2.24, 2.45) is 0 Å². The van der Waals surface area contributed by atoms with E-state index in [-0.39, 0.29) is 30.6 Å². The molecule has 2 amide bonds. The van der Waals surface area contributed by atoms with E-state index in [9.17, 15) is 14.7 Å². The number of nitrogens with one attached hydrogen (secondary N) is 2. The Morgan fingerprint density at radius 3 is 2.33 bits per heavy atom. The summed E-state index contributed by atoms with van der Waals surface area (Å²) in [6, 6.07) is 24.7. The lowest BCUT2D eigenvalue weighted by atomic mass is 9.98.